The highest BCUT2D eigenvalue weighted by Crippen LogP contribution is 2.24. The van der Waals surface area contributed by atoms with E-state index < -0.39 is 5.82 Å². The highest BCUT2D eigenvalue weighted by Gasteiger charge is 2.09. The molecule has 5 nitrogen and oxygen atoms in total. The largest absolute Gasteiger partial charge is 0.494 e. The van der Waals surface area contributed by atoms with E-state index in [0.717, 1.165) is 18.5 Å². The predicted octanol–water partition coefficient (Wildman–Crippen LogP) is 3.65. The number of nitrogens with one attached hydrogen (secondary N) is 1. The number of rotatable bonds is 7. The van der Waals surface area contributed by atoms with E-state index in [1.165, 1.54) is 19.4 Å². The number of hydrogen-bond acceptors (Lipinski definition) is 4. The molecule has 138 valence electrons. The molecule has 0 spiro atoms. The van der Waals surface area contributed by atoms with E-state index in [1.54, 1.807) is 30.5 Å². The zero-order chi connectivity index (χ0) is 19.1. The number of aryl methyl sites for hydroxylation is 1. The maximum atomic E-state index is 13.8. The molecule has 2 aromatic heterocycles. The van der Waals surface area contributed by atoms with Crippen molar-refractivity contribution in [1.82, 2.24) is 15.3 Å². The molecule has 1 N–H and O–H groups in total. The van der Waals surface area contributed by atoms with Crippen LogP contribution in [0.5, 0.6) is 5.75 Å². The summed E-state index contributed by atoms with van der Waals surface area (Å²) in [6.07, 6.45) is 4.86. The Bertz CT molecular complexity index is 899. The minimum atomic E-state index is -0.452. The number of nitrogens with zero attached hydrogens (tertiary/aromatic N) is 2. The van der Waals surface area contributed by atoms with Gasteiger partial charge in [-0.05, 0) is 55.3 Å². The third-order valence-corrected chi connectivity index (χ3v) is 4.09. The monoisotopic (exact) mass is 365 g/mol. The molecule has 0 unspecified atom stereocenters. The molecule has 0 saturated heterocycles. The van der Waals surface area contributed by atoms with Crippen molar-refractivity contribution in [2.45, 2.75) is 12.8 Å². The lowest BCUT2D eigenvalue weighted by Gasteiger charge is -2.07. The lowest BCUT2D eigenvalue weighted by atomic mass is 10.1. The number of ether oxygens (including phenoxy) is 1. The lowest BCUT2D eigenvalue weighted by molar-refractivity contribution is 0.0953. The average Bonchev–Trinajstić information content (AvgIpc) is 2.72. The van der Waals surface area contributed by atoms with Gasteiger partial charge < -0.3 is 10.1 Å². The van der Waals surface area contributed by atoms with Crippen molar-refractivity contribution in [3.8, 4) is 17.0 Å². The molecule has 27 heavy (non-hydrogen) atoms. The smallest absolute Gasteiger partial charge is 0.252 e. The molecule has 0 radical (unpaired) electrons. The van der Waals surface area contributed by atoms with Crippen LogP contribution in [0.15, 0.2) is 60.9 Å². The van der Waals surface area contributed by atoms with Crippen molar-refractivity contribution in [3.05, 3.63) is 78.0 Å². The summed E-state index contributed by atoms with van der Waals surface area (Å²) in [7, 11) is 1.42. The minimum absolute atomic E-state index is 0.181. The molecule has 0 atom stereocenters. The van der Waals surface area contributed by atoms with Crippen LogP contribution < -0.4 is 10.1 Å². The third kappa shape index (κ3) is 4.88. The van der Waals surface area contributed by atoms with Crippen LogP contribution in [0, 0.1) is 5.82 Å². The number of carbonyl (C=O) groups is 1. The van der Waals surface area contributed by atoms with Crippen LogP contribution in [0.4, 0.5) is 4.39 Å². The lowest BCUT2D eigenvalue weighted by Crippen LogP contribution is -2.24. The number of amides is 1. The molecule has 0 aliphatic carbocycles. The maximum absolute atomic E-state index is 13.8. The van der Waals surface area contributed by atoms with Gasteiger partial charge in [0.25, 0.3) is 5.91 Å². The van der Waals surface area contributed by atoms with E-state index >= 15 is 0 Å². The zero-order valence-corrected chi connectivity index (χ0v) is 15.0. The standard InChI is InChI=1S/C21H20FN3O2/c1-27-20-10-8-15(13-18(20)22)19-9-7-16(14-25-19)21(26)24-12-4-6-17-5-2-3-11-23-17/h2-3,5,7-11,13-14H,4,6,12H2,1H3,(H,24,26). The van der Waals surface area contributed by atoms with Gasteiger partial charge >= 0.3 is 0 Å². The number of pyridine rings is 2. The summed E-state index contributed by atoms with van der Waals surface area (Å²) in [5, 5.41) is 2.87. The van der Waals surface area contributed by atoms with Crippen LogP contribution in [-0.2, 0) is 6.42 Å². The Hall–Kier alpha value is -3.28. The highest BCUT2D eigenvalue weighted by atomic mass is 19.1. The molecule has 0 fully saturated rings. The molecular formula is C21H20FN3O2. The number of halogens is 1. The summed E-state index contributed by atoms with van der Waals surface area (Å²) in [6.45, 7) is 0.556. The highest BCUT2D eigenvalue weighted by molar-refractivity contribution is 5.94. The van der Waals surface area contributed by atoms with Crippen molar-refractivity contribution >= 4 is 5.91 Å². The normalized spacial score (nSPS) is 10.4. The summed E-state index contributed by atoms with van der Waals surface area (Å²) >= 11 is 0. The summed E-state index contributed by atoms with van der Waals surface area (Å²) in [4.78, 5) is 20.7. The van der Waals surface area contributed by atoms with Gasteiger partial charge in [-0.3, -0.25) is 14.8 Å². The molecule has 3 rings (SSSR count). The van der Waals surface area contributed by atoms with Crippen LogP contribution in [0.1, 0.15) is 22.5 Å². The van der Waals surface area contributed by atoms with Gasteiger partial charge in [-0.15, -0.1) is 0 Å². The Morgan fingerprint density at radius 3 is 2.70 bits per heavy atom. The van der Waals surface area contributed by atoms with Gasteiger partial charge in [-0.25, -0.2) is 4.39 Å². The minimum Gasteiger partial charge on any atom is -0.494 e. The Morgan fingerprint density at radius 2 is 2.04 bits per heavy atom. The molecule has 1 aromatic carbocycles. The van der Waals surface area contributed by atoms with E-state index in [9.17, 15) is 9.18 Å². The Kier molecular flexibility index (Phi) is 6.10. The summed E-state index contributed by atoms with van der Waals surface area (Å²) < 4.78 is 18.7. The van der Waals surface area contributed by atoms with E-state index in [1.807, 2.05) is 18.2 Å². The summed E-state index contributed by atoms with van der Waals surface area (Å²) in [5.41, 5.74) is 2.67. The number of aromatic nitrogens is 2. The van der Waals surface area contributed by atoms with Gasteiger partial charge in [0.2, 0.25) is 0 Å². The second kappa shape index (κ2) is 8.89. The van der Waals surface area contributed by atoms with E-state index in [2.05, 4.69) is 15.3 Å². The number of carbonyl (C=O) groups excluding carboxylic acids is 1. The fourth-order valence-electron chi connectivity index (χ4n) is 2.64. The maximum Gasteiger partial charge on any atom is 0.252 e. The summed E-state index contributed by atoms with van der Waals surface area (Å²) in [6, 6.07) is 13.8. The molecular weight excluding hydrogens is 345 g/mol. The van der Waals surface area contributed by atoms with Crippen LogP contribution >= 0.6 is 0 Å². The third-order valence-electron chi connectivity index (χ3n) is 4.09. The molecule has 6 heteroatoms. The number of hydrogen-bond donors (Lipinski definition) is 1. The topological polar surface area (TPSA) is 64.1 Å². The molecule has 0 aliphatic heterocycles. The second-order valence-electron chi connectivity index (χ2n) is 5.96. The van der Waals surface area contributed by atoms with Crippen LogP contribution in [0.25, 0.3) is 11.3 Å². The van der Waals surface area contributed by atoms with Gasteiger partial charge in [0, 0.05) is 30.2 Å². The molecule has 3 aromatic rings. The van der Waals surface area contributed by atoms with Gasteiger partial charge in [0.15, 0.2) is 11.6 Å². The first kappa shape index (κ1) is 18.5. The van der Waals surface area contributed by atoms with Crippen molar-refractivity contribution in [1.29, 1.82) is 0 Å². The van der Waals surface area contributed by atoms with E-state index in [0.29, 0.717) is 23.4 Å². The Labute approximate surface area is 157 Å². The van der Waals surface area contributed by atoms with Crippen molar-refractivity contribution in [2.24, 2.45) is 0 Å². The van der Waals surface area contributed by atoms with Crippen molar-refractivity contribution in [3.63, 3.8) is 0 Å². The second-order valence-corrected chi connectivity index (χ2v) is 5.96. The van der Waals surface area contributed by atoms with Gasteiger partial charge in [0.05, 0.1) is 18.4 Å². The van der Waals surface area contributed by atoms with E-state index in [-0.39, 0.29) is 11.7 Å². The Balaban J connectivity index is 1.55. The fourth-order valence-corrected chi connectivity index (χ4v) is 2.64. The van der Waals surface area contributed by atoms with Crippen LogP contribution in [0.3, 0.4) is 0 Å². The zero-order valence-electron chi connectivity index (χ0n) is 15.0. The fraction of sp³-hybridized carbons (Fsp3) is 0.190. The van der Waals surface area contributed by atoms with Gasteiger partial charge in [-0.2, -0.15) is 0 Å². The summed E-state index contributed by atoms with van der Waals surface area (Å²) in [5.74, 6) is -0.456. The predicted molar refractivity (Wildman–Crippen MR) is 101 cm³/mol. The average molecular weight is 365 g/mol. The van der Waals surface area contributed by atoms with E-state index in [4.69, 9.17) is 4.74 Å². The molecule has 0 saturated carbocycles. The molecule has 1 amide bonds. The number of benzene rings is 1. The quantitative estimate of drug-likeness (QED) is 0.649. The first-order valence-corrected chi connectivity index (χ1v) is 8.65. The van der Waals surface area contributed by atoms with Gasteiger partial charge in [-0.1, -0.05) is 6.07 Å². The van der Waals surface area contributed by atoms with Gasteiger partial charge in [0.1, 0.15) is 0 Å². The molecule has 2 heterocycles. The first-order chi connectivity index (χ1) is 13.2. The first-order valence-electron chi connectivity index (χ1n) is 8.65. The van der Waals surface area contributed by atoms with Crippen molar-refractivity contribution in [2.75, 3.05) is 13.7 Å². The van der Waals surface area contributed by atoms with Crippen LogP contribution in [0.2, 0.25) is 0 Å². The molecule has 0 bridgehead atoms. The SMILES string of the molecule is COc1ccc(-c2ccc(C(=O)NCCCc3ccccn3)cn2)cc1F. The Morgan fingerprint density at radius 1 is 1.15 bits per heavy atom. The van der Waals surface area contributed by atoms with Crippen molar-refractivity contribution < 1.29 is 13.9 Å². The van der Waals surface area contributed by atoms with Crippen LogP contribution in [-0.4, -0.2) is 29.5 Å². The number of methoxy groups -OCH3 is 1. The molecule has 0 aliphatic rings.